The third-order valence-electron chi connectivity index (χ3n) is 6.38. The lowest BCUT2D eigenvalue weighted by Crippen LogP contribution is -2.40. The molecular weight excluding hydrogens is 380 g/mol. The number of hydrogen-bond acceptors (Lipinski definition) is 6. The standard InChI is InChI=1S/C24H40N2O4/c1-19-6-10-25(11-7-19)15-21(27)17-29-23-4-3-5-24(14-23)30-18-22(28)16-26-12-8-20(2)9-13-26/h3-5,14,19-22,27-28H,6-13,15-18H2,1-2H3/t21-,22-/m1/s1. The van der Waals surface area contributed by atoms with Crippen LogP contribution in [0.25, 0.3) is 0 Å². The highest BCUT2D eigenvalue weighted by Gasteiger charge is 2.20. The minimum absolute atomic E-state index is 0.269. The maximum absolute atomic E-state index is 10.3. The summed E-state index contributed by atoms with van der Waals surface area (Å²) >= 11 is 0. The highest BCUT2D eigenvalue weighted by atomic mass is 16.5. The van der Waals surface area contributed by atoms with Gasteiger partial charge in [-0.15, -0.1) is 0 Å². The molecule has 170 valence electrons. The second-order valence-corrected chi connectivity index (χ2v) is 9.37. The minimum atomic E-state index is -0.503. The van der Waals surface area contributed by atoms with Gasteiger partial charge in [-0.2, -0.15) is 0 Å². The van der Waals surface area contributed by atoms with E-state index in [1.165, 1.54) is 25.7 Å². The molecule has 0 unspecified atom stereocenters. The van der Waals surface area contributed by atoms with E-state index in [-0.39, 0.29) is 13.2 Å². The first kappa shape index (κ1) is 23.3. The van der Waals surface area contributed by atoms with Crippen molar-refractivity contribution in [3.8, 4) is 11.5 Å². The van der Waals surface area contributed by atoms with E-state index in [1.807, 2.05) is 24.3 Å². The Morgan fingerprint density at radius 2 is 1.20 bits per heavy atom. The van der Waals surface area contributed by atoms with Crippen molar-refractivity contribution < 1.29 is 19.7 Å². The highest BCUT2D eigenvalue weighted by molar-refractivity contribution is 5.33. The molecular formula is C24H40N2O4. The maximum Gasteiger partial charge on any atom is 0.123 e. The average Bonchev–Trinajstić information content (AvgIpc) is 2.74. The van der Waals surface area contributed by atoms with E-state index in [2.05, 4.69) is 23.6 Å². The van der Waals surface area contributed by atoms with Crippen LogP contribution >= 0.6 is 0 Å². The van der Waals surface area contributed by atoms with Crippen LogP contribution in [0.15, 0.2) is 24.3 Å². The first-order valence-electron chi connectivity index (χ1n) is 11.6. The van der Waals surface area contributed by atoms with Crippen LogP contribution in [0.5, 0.6) is 11.5 Å². The predicted octanol–water partition coefficient (Wildman–Crippen LogP) is 2.63. The van der Waals surface area contributed by atoms with Crippen molar-refractivity contribution in [1.82, 2.24) is 9.80 Å². The fourth-order valence-electron chi connectivity index (χ4n) is 4.23. The number of piperidine rings is 2. The molecule has 3 rings (SSSR count). The van der Waals surface area contributed by atoms with Gasteiger partial charge in [0.1, 0.15) is 36.9 Å². The highest BCUT2D eigenvalue weighted by Crippen LogP contribution is 2.21. The molecule has 6 nitrogen and oxygen atoms in total. The zero-order valence-corrected chi connectivity index (χ0v) is 18.7. The van der Waals surface area contributed by atoms with Crippen LogP contribution in [0.4, 0.5) is 0 Å². The van der Waals surface area contributed by atoms with Gasteiger partial charge in [-0.1, -0.05) is 19.9 Å². The van der Waals surface area contributed by atoms with E-state index in [9.17, 15) is 10.2 Å². The van der Waals surface area contributed by atoms with Gasteiger partial charge in [0.2, 0.25) is 0 Å². The zero-order valence-electron chi connectivity index (χ0n) is 18.7. The molecule has 2 aliphatic rings. The number of hydrogen-bond donors (Lipinski definition) is 2. The molecule has 1 aromatic rings. The van der Waals surface area contributed by atoms with E-state index >= 15 is 0 Å². The Labute approximate surface area is 181 Å². The number of aliphatic hydroxyl groups is 2. The number of aliphatic hydroxyl groups excluding tert-OH is 2. The molecule has 2 saturated heterocycles. The Bertz CT molecular complexity index is 564. The van der Waals surface area contributed by atoms with Gasteiger partial charge in [-0.05, 0) is 75.8 Å². The number of β-amino-alcohol motifs (C(OH)–C–C–N with tert-alkyl or cyclic N) is 2. The molecule has 1 aromatic carbocycles. The molecule has 2 atom stereocenters. The lowest BCUT2D eigenvalue weighted by atomic mass is 9.99. The monoisotopic (exact) mass is 420 g/mol. The van der Waals surface area contributed by atoms with Crippen LogP contribution in [-0.4, -0.2) is 84.7 Å². The minimum Gasteiger partial charge on any atom is -0.491 e. The summed E-state index contributed by atoms with van der Waals surface area (Å²) in [6.45, 7) is 10.7. The number of likely N-dealkylation sites (tertiary alicyclic amines) is 2. The largest absolute Gasteiger partial charge is 0.491 e. The van der Waals surface area contributed by atoms with Crippen LogP contribution in [0, 0.1) is 11.8 Å². The van der Waals surface area contributed by atoms with Crippen LogP contribution in [0.3, 0.4) is 0 Å². The number of rotatable bonds is 10. The summed E-state index contributed by atoms with van der Waals surface area (Å²) in [6, 6.07) is 7.44. The molecule has 6 heteroatoms. The van der Waals surface area contributed by atoms with E-state index < -0.39 is 12.2 Å². The van der Waals surface area contributed by atoms with Crippen molar-refractivity contribution in [2.75, 3.05) is 52.5 Å². The second kappa shape index (κ2) is 11.9. The van der Waals surface area contributed by atoms with Gasteiger partial charge >= 0.3 is 0 Å². The fourth-order valence-corrected chi connectivity index (χ4v) is 4.23. The molecule has 0 saturated carbocycles. The summed E-state index contributed by atoms with van der Waals surface area (Å²) in [4.78, 5) is 4.63. The van der Waals surface area contributed by atoms with Crippen LogP contribution < -0.4 is 9.47 Å². The molecule has 2 N–H and O–H groups in total. The van der Waals surface area contributed by atoms with Gasteiger partial charge in [0.15, 0.2) is 0 Å². The predicted molar refractivity (Wildman–Crippen MR) is 119 cm³/mol. The van der Waals surface area contributed by atoms with Gasteiger partial charge < -0.3 is 29.5 Å². The van der Waals surface area contributed by atoms with Crippen molar-refractivity contribution in [2.45, 2.75) is 51.7 Å². The van der Waals surface area contributed by atoms with Gasteiger partial charge in [-0.25, -0.2) is 0 Å². The molecule has 2 fully saturated rings. The van der Waals surface area contributed by atoms with Crippen molar-refractivity contribution in [3.05, 3.63) is 24.3 Å². The van der Waals surface area contributed by atoms with E-state index in [1.54, 1.807) is 0 Å². The Kier molecular flexibility index (Phi) is 9.25. The molecule has 2 heterocycles. The molecule has 2 aliphatic heterocycles. The molecule has 0 radical (unpaired) electrons. The van der Waals surface area contributed by atoms with E-state index in [0.29, 0.717) is 24.6 Å². The van der Waals surface area contributed by atoms with Gasteiger partial charge in [0.05, 0.1) is 0 Å². The molecule has 0 aliphatic carbocycles. The average molecular weight is 421 g/mol. The first-order chi connectivity index (χ1) is 14.5. The van der Waals surface area contributed by atoms with E-state index in [0.717, 1.165) is 38.0 Å². The van der Waals surface area contributed by atoms with Crippen molar-refractivity contribution in [3.63, 3.8) is 0 Å². The van der Waals surface area contributed by atoms with Crippen molar-refractivity contribution >= 4 is 0 Å². The molecule has 30 heavy (non-hydrogen) atoms. The van der Waals surface area contributed by atoms with Gasteiger partial charge in [-0.3, -0.25) is 0 Å². The smallest absolute Gasteiger partial charge is 0.123 e. The van der Waals surface area contributed by atoms with Crippen LogP contribution in [0.2, 0.25) is 0 Å². The lowest BCUT2D eigenvalue weighted by molar-refractivity contribution is 0.0542. The summed E-state index contributed by atoms with van der Waals surface area (Å²) in [5, 5.41) is 20.6. The van der Waals surface area contributed by atoms with Gasteiger partial charge in [0.25, 0.3) is 0 Å². The fraction of sp³-hybridized carbons (Fsp3) is 0.750. The molecule has 0 aromatic heterocycles. The number of benzene rings is 1. The first-order valence-corrected chi connectivity index (χ1v) is 11.6. The normalized spacial score (nSPS) is 22.0. The Morgan fingerprint density at radius 3 is 1.60 bits per heavy atom. The van der Waals surface area contributed by atoms with Gasteiger partial charge in [0, 0.05) is 19.2 Å². The lowest BCUT2D eigenvalue weighted by Gasteiger charge is -2.31. The topological polar surface area (TPSA) is 65.4 Å². The Morgan fingerprint density at radius 1 is 0.800 bits per heavy atom. The molecule has 0 bridgehead atoms. The summed E-state index contributed by atoms with van der Waals surface area (Å²) in [5.41, 5.74) is 0. The maximum atomic E-state index is 10.3. The van der Waals surface area contributed by atoms with Crippen molar-refractivity contribution in [2.24, 2.45) is 11.8 Å². The zero-order chi connectivity index (χ0) is 21.3. The van der Waals surface area contributed by atoms with Crippen LogP contribution in [0.1, 0.15) is 39.5 Å². The second-order valence-electron chi connectivity index (χ2n) is 9.37. The Hall–Kier alpha value is -1.34. The number of nitrogens with zero attached hydrogens (tertiary/aromatic N) is 2. The third kappa shape index (κ3) is 8.06. The SMILES string of the molecule is CC1CCN(C[C@@H](O)COc2cccc(OC[C@H](O)CN3CCC(C)CC3)c2)CC1. The molecule has 0 amide bonds. The summed E-state index contributed by atoms with van der Waals surface area (Å²) < 4.78 is 11.6. The third-order valence-corrected chi connectivity index (χ3v) is 6.38. The quantitative estimate of drug-likeness (QED) is 0.607. The summed E-state index contributed by atoms with van der Waals surface area (Å²) in [5.74, 6) is 2.94. The van der Waals surface area contributed by atoms with Crippen LogP contribution in [-0.2, 0) is 0 Å². The van der Waals surface area contributed by atoms with E-state index in [4.69, 9.17) is 9.47 Å². The van der Waals surface area contributed by atoms with Crippen molar-refractivity contribution in [1.29, 1.82) is 0 Å². The summed E-state index contributed by atoms with van der Waals surface area (Å²) in [6.07, 6.45) is 3.81. The molecule has 0 spiro atoms. The number of ether oxygens (including phenoxy) is 2. The summed E-state index contributed by atoms with van der Waals surface area (Å²) in [7, 11) is 0. The Balaban J connectivity index is 1.35.